The standard InChI is InChI=1S/C15H22N4O5S2/c1-11-8-18(9-12-4-6-19(7-5-12)25(2,20)21)14-13(11)15(17-10-16-14)24-26(3,22)23/h8,10,12H,4-7,9H2,1-3H3. The van der Waals surface area contributed by atoms with Crippen molar-refractivity contribution in [2.45, 2.75) is 26.3 Å². The molecule has 1 aliphatic heterocycles. The minimum atomic E-state index is -3.69. The monoisotopic (exact) mass is 402 g/mol. The zero-order valence-electron chi connectivity index (χ0n) is 14.9. The van der Waals surface area contributed by atoms with Gasteiger partial charge in [0.15, 0.2) is 0 Å². The molecule has 2 aromatic heterocycles. The van der Waals surface area contributed by atoms with Gasteiger partial charge in [0, 0.05) is 25.8 Å². The molecule has 3 heterocycles. The topological polar surface area (TPSA) is 111 Å². The normalized spacial score (nSPS) is 17.7. The van der Waals surface area contributed by atoms with Crippen molar-refractivity contribution in [1.82, 2.24) is 18.8 Å². The molecule has 11 heteroatoms. The van der Waals surface area contributed by atoms with Gasteiger partial charge in [-0.3, -0.25) is 0 Å². The van der Waals surface area contributed by atoms with Crippen LogP contribution < -0.4 is 4.18 Å². The highest BCUT2D eigenvalue weighted by Crippen LogP contribution is 2.29. The summed E-state index contributed by atoms with van der Waals surface area (Å²) in [6.45, 7) is 3.55. The van der Waals surface area contributed by atoms with E-state index in [4.69, 9.17) is 4.18 Å². The van der Waals surface area contributed by atoms with E-state index in [0.717, 1.165) is 24.7 Å². The number of fused-ring (bicyclic) bond motifs is 1. The second-order valence-electron chi connectivity index (χ2n) is 6.73. The first-order chi connectivity index (χ1) is 12.0. The number of piperidine rings is 1. The zero-order valence-corrected chi connectivity index (χ0v) is 16.5. The van der Waals surface area contributed by atoms with Crippen LogP contribution in [0.25, 0.3) is 11.0 Å². The van der Waals surface area contributed by atoms with Crippen LogP contribution in [0.2, 0.25) is 0 Å². The maximum absolute atomic E-state index is 11.6. The van der Waals surface area contributed by atoms with Crippen molar-refractivity contribution < 1.29 is 21.0 Å². The van der Waals surface area contributed by atoms with Crippen molar-refractivity contribution >= 4 is 31.2 Å². The van der Waals surface area contributed by atoms with Crippen LogP contribution >= 0.6 is 0 Å². The first-order valence-corrected chi connectivity index (χ1v) is 11.9. The SMILES string of the molecule is Cc1cn(CC2CCN(S(C)(=O)=O)CC2)c2ncnc(OS(C)(=O)=O)c12. The summed E-state index contributed by atoms with van der Waals surface area (Å²) < 4.78 is 54.6. The second-order valence-corrected chi connectivity index (χ2v) is 10.3. The van der Waals surface area contributed by atoms with E-state index < -0.39 is 20.1 Å². The highest BCUT2D eigenvalue weighted by Gasteiger charge is 2.26. The number of hydrogen-bond acceptors (Lipinski definition) is 7. The molecule has 0 radical (unpaired) electrons. The van der Waals surface area contributed by atoms with Crippen LogP contribution in [0.15, 0.2) is 12.5 Å². The average molecular weight is 402 g/mol. The van der Waals surface area contributed by atoms with Gasteiger partial charge in [-0.25, -0.2) is 22.7 Å². The van der Waals surface area contributed by atoms with Gasteiger partial charge in [0.05, 0.1) is 17.9 Å². The lowest BCUT2D eigenvalue weighted by Gasteiger charge is -2.30. The lowest BCUT2D eigenvalue weighted by Crippen LogP contribution is -2.38. The predicted molar refractivity (Wildman–Crippen MR) is 96.9 cm³/mol. The Hall–Kier alpha value is -1.72. The molecule has 0 unspecified atom stereocenters. The van der Waals surface area contributed by atoms with Gasteiger partial charge in [0.1, 0.15) is 12.0 Å². The van der Waals surface area contributed by atoms with Crippen molar-refractivity contribution in [2.75, 3.05) is 25.6 Å². The Bertz CT molecular complexity index is 1020. The first kappa shape index (κ1) is 19.1. The van der Waals surface area contributed by atoms with Gasteiger partial charge >= 0.3 is 10.1 Å². The summed E-state index contributed by atoms with van der Waals surface area (Å²) in [5.74, 6) is 0.345. The lowest BCUT2D eigenvalue weighted by atomic mass is 9.98. The first-order valence-electron chi connectivity index (χ1n) is 8.19. The largest absolute Gasteiger partial charge is 0.361 e. The summed E-state index contributed by atoms with van der Waals surface area (Å²) in [7, 11) is -6.83. The predicted octanol–water partition coefficient (Wildman–Crippen LogP) is 0.750. The molecule has 0 aliphatic carbocycles. The Kier molecular flexibility index (Phi) is 4.97. The van der Waals surface area contributed by atoms with Crippen LogP contribution in [0.4, 0.5) is 0 Å². The molecule has 0 amide bonds. The van der Waals surface area contributed by atoms with Crippen molar-refractivity contribution in [3.8, 4) is 5.88 Å². The molecule has 2 aromatic rings. The van der Waals surface area contributed by atoms with Crippen molar-refractivity contribution in [3.63, 3.8) is 0 Å². The minimum absolute atomic E-state index is 0.0284. The van der Waals surface area contributed by atoms with Gasteiger partial charge in [-0.2, -0.15) is 8.42 Å². The Morgan fingerprint density at radius 2 is 1.81 bits per heavy atom. The van der Waals surface area contributed by atoms with E-state index in [1.54, 1.807) is 0 Å². The number of aromatic nitrogens is 3. The average Bonchev–Trinajstić information content (AvgIpc) is 2.83. The zero-order chi connectivity index (χ0) is 19.1. The molecule has 0 saturated carbocycles. The summed E-state index contributed by atoms with van der Waals surface area (Å²) in [5.41, 5.74) is 1.44. The molecule has 9 nitrogen and oxygen atoms in total. The van der Waals surface area contributed by atoms with Gasteiger partial charge in [-0.15, -0.1) is 0 Å². The highest BCUT2D eigenvalue weighted by molar-refractivity contribution is 7.88. The summed E-state index contributed by atoms with van der Waals surface area (Å²) in [4.78, 5) is 8.23. The van der Waals surface area contributed by atoms with Crippen LogP contribution in [0, 0.1) is 12.8 Å². The molecule has 0 atom stereocenters. The molecule has 0 aromatic carbocycles. The van der Waals surface area contributed by atoms with Crippen LogP contribution in [-0.4, -0.2) is 61.3 Å². The van der Waals surface area contributed by atoms with Gasteiger partial charge in [-0.05, 0) is 31.2 Å². The molecule has 0 N–H and O–H groups in total. The molecule has 1 fully saturated rings. The van der Waals surface area contributed by atoms with Crippen molar-refractivity contribution in [2.24, 2.45) is 5.92 Å². The minimum Gasteiger partial charge on any atom is -0.361 e. The molecule has 1 aliphatic rings. The van der Waals surface area contributed by atoms with Gasteiger partial charge in [-0.1, -0.05) is 0 Å². The second kappa shape index (κ2) is 6.78. The highest BCUT2D eigenvalue weighted by atomic mass is 32.2. The number of hydrogen-bond donors (Lipinski definition) is 0. The van der Waals surface area contributed by atoms with E-state index in [-0.39, 0.29) is 5.88 Å². The van der Waals surface area contributed by atoms with Crippen LogP contribution in [0.5, 0.6) is 5.88 Å². The van der Waals surface area contributed by atoms with E-state index in [2.05, 4.69) is 9.97 Å². The van der Waals surface area contributed by atoms with E-state index in [0.29, 0.717) is 36.6 Å². The lowest BCUT2D eigenvalue weighted by molar-refractivity contribution is 0.255. The third-order valence-corrected chi connectivity index (χ3v) is 6.30. The fraction of sp³-hybridized carbons (Fsp3) is 0.600. The Labute approximate surface area is 153 Å². The van der Waals surface area contributed by atoms with Crippen molar-refractivity contribution in [3.05, 3.63) is 18.1 Å². The molecule has 0 spiro atoms. The number of sulfonamides is 1. The molecular formula is C15H22N4O5S2. The number of aryl methyl sites for hydroxylation is 1. The molecule has 1 saturated heterocycles. The Morgan fingerprint density at radius 1 is 1.15 bits per heavy atom. The van der Waals surface area contributed by atoms with E-state index in [9.17, 15) is 16.8 Å². The van der Waals surface area contributed by atoms with Crippen molar-refractivity contribution in [1.29, 1.82) is 0 Å². The van der Waals surface area contributed by atoms with E-state index in [1.165, 1.54) is 16.9 Å². The fourth-order valence-electron chi connectivity index (χ4n) is 3.33. The molecule has 3 rings (SSSR count). The molecule has 0 bridgehead atoms. The van der Waals surface area contributed by atoms with Gasteiger partial charge in [0.2, 0.25) is 15.9 Å². The molecular weight excluding hydrogens is 380 g/mol. The quantitative estimate of drug-likeness (QED) is 0.678. The maximum Gasteiger partial charge on any atom is 0.307 e. The van der Waals surface area contributed by atoms with Crippen LogP contribution in [0.1, 0.15) is 18.4 Å². The number of nitrogens with zero attached hydrogens (tertiary/aromatic N) is 4. The van der Waals surface area contributed by atoms with Crippen LogP contribution in [0.3, 0.4) is 0 Å². The Morgan fingerprint density at radius 3 is 2.38 bits per heavy atom. The smallest absolute Gasteiger partial charge is 0.307 e. The summed E-state index contributed by atoms with van der Waals surface area (Å²) >= 11 is 0. The van der Waals surface area contributed by atoms with E-state index in [1.807, 2.05) is 17.7 Å². The van der Waals surface area contributed by atoms with Crippen LogP contribution in [-0.2, 0) is 26.7 Å². The fourth-order valence-corrected chi connectivity index (χ4v) is 4.62. The summed E-state index contributed by atoms with van der Waals surface area (Å²) in [6.07, 6.45) is 6.93. The van der Waals surface area contributed by atoms with Gasteiger partial charge < -0.3 is 8.75 Å². The number of rotatable bonds is 5. The third-order valence-electron chi connectivity index (χ3n) is 4.54. The summed E-state index contributed by atoms with van der Waals surface area (Å²) in [5, 5.41) is 0.575. The Balaban J connectivity index is 1.83. The van der Waals surface area contributed by atoms with E-state index >= 15 is 0 Å². The third kappa shape index (κ3) is 4.15. The molecule has 26 heavy (non-hydrogen) atoms. The van der Waals surface area contributed by atoms with Gasteiger partial charge in [0.25, 0.3) is 0 Å². The maximum atomic E-state index is 11.6. The molecule has 144 valence electrons. The summed E-state index contributed by atoms with van der Waals surface area (Å²) in [6, 6.07) is 0.